The predicted octanol–water partition coefficient (Wildman–Crippen LogP) is 3.14. The van der Waals surface area contributed by atoms with Crippen LogP contribution >= 0.6 is 0 Å². The molecule has 0 heterocycles. The van der Waals surface area contributed by atoms with Gasteiger partial charge in [0.1, 0.15) is 5.60 Å². The second-order valence-corrected chi connectivity index (χ2v) is 6.03. The van der Waals surface area contributed by atoms with Crippen molar-refractivity contribution in [1.82, 2.24) is 0 Å². The summed E-state index contributed by atoms with van der Waals surface area (Å²) in [5, 5.41) is 0. The van der Waals surface area contributed by atoms with Crippen LogP contribution < -0.4 is 0 Å². The van der Waals surface area contributed by atoms with Gasteiger partial charge in [-0.1, -0.05) is 30.3 Å². The summed E-state index contributed by atoms with van der Waals surface area (Å²) in [5.41, 5.74) is 0.590. The number of hydrogen-bond acceptors (Lipinski definition) is 4. The van der Waals surface area contributed by atoms with Gasteiger partial charge in [0.15, 0.2) is 0 Å². The third-order valence-corrected chi connectivity index (χ3v) is 2.99. The van der Waals surface area contributed by atoms with Gasteiger partial charge in [-0.25, -0.2) is 0 Å². The highest BCUT2D eigenvalue weighted by molar-refractivity contribution is 5.80. The molecule has 0 bridgehead atoms. The third-order valence-electron chi connectivity index (χ3n) is 2.99. The van der Waals surface area contributed by atoms with Crippen LogP contribution in [0.4, 0.5) is 0 Å². The SMILES string of the molecule is COC(=O)[C@H](CCc1ccccc1)CC(=O)OC(C)(C)C. The topological polar surface area (TPSA) is 52.6 Å². The van der Waals surface area contributed by atoms with Crippen molar-refractivity contribution in [2.45, 2.75) is 45.6 Å². The van der Waals surface area contributed by atoms with Crippen molar-refractivity contribution < 1.29 is 19.1 Å². The van der Waals surface area contributed by atoms with Crippen molar-refractivity contribution >= 4 is 11.9 Å². The smallest absolute Gasteiger partial charge is 0.309 e. The Labute approximate surface area is 126 Å². The first kappa shape index (κ1) is 17.2. The van der Waals surface area contributed by atoms with Crippen molar-refractivity contribution in [3.05, 3.63) is 35.9 Å². The van der Waals surface area contributed by atoms with Gasteiger partial charge in [-0.05, 0) is 39.2 Å². The van der Waals surface area contributed by atoms with Gasteiger partial charge >= 0.3 is 11.9 Å². The Morgan fingerprint density at radius 2 is 1.76 bits per heavy atom. The normalized spacial score (nSPS) is 12.6. The molecule has 0 aliphatic carbocycles. The van der Waals surface area contributed by atoms with Crippen molar-refractivity contribution in [3.63, 3.8) is 0 Å². The van der Waals surface area contributed by atoms with E-state index in [0.717, 1.165) is 12.0 Å². The van der Waals surface area contributed by atoms with Crippen LogP contribution in [0.5, 0.6) is 0 Å². The number of carbonyl (C=O) groups excluding carboxylic acids is 2. The number of rotatable bonds is 6. The van der Waals surface area contributed by atoms with E-state index in [4.69, 9.17) is 9.47 Å². The van der Waals surface area contributed by atoms with E-state index in [1.54, 1.807) is 0 Å². The fourth-order valence-corrected chi connectivity index (χ4v) is 2.04. The van der Waals surface area contributed by atoms with Gasteiger partial charge in [-0.15, -0.1) is 0 Å². The fourth-order valence-electron chi connectivity index (χ4n) is 2.04. The molecule has 1 aromatic carbocycles. The highest BCUT2D eigenvalue weighted by Gasteiger charge is 2.25. The van der Waals surface area contributed by atoms with E-state index in [2.05, 4.69) is 0 Å². The Hall–Kier alpha value is -1.84. The van der Waals surface area contributed by atoms with Gasteiger partial charge in [0.2, 0.25) is 0 Å². The molecule has 0 amide bonds. The molecule has 116 valence electrons. The lowest BCUT2D eigenvalue weighted by molar-refractivity contribution is -0.160. The molecule has 0 saturated carbocycles. The van der Waals surface area contributed by atoms with Crippen LogP contribution in [0, 0.1) is 5.92 Å². The molecule has 0 radical (unpaired) electrons. The minimum Gasteiger partial charge on any atom is -0.469 e. The van der Waals surface area contributed by atoms with Gasteiger partial charge in [-0.2, -0.15) is 0 Å². The minimum absolute atomic E-state index is 0.0524. The maximum atomic E-state index is 11.9. The molecule has 0 unspecified atom stereocenters. The fraction of sp³-hybridized carbons (Fsp3) is 0.529. The molecule has 4 heteroatoms. The summed E-state index contributed by atoms with van der Waals surface area (Å²) in [7, 11) is 1.34. The Balaban J connectivity index is 2.60. The average Bonchev–Trinajstić information content (AvgIpc) is 2.41. The van der Waals surface area contributed by atoms with Crippen LogP contribution in [0.25, 0.3) is 0 Å². The van der Waals surface area contributed by atoms with Gasteiger partial charge in [-0.3, -0.25) is 9.59 Å². The monoisotopic (exact) mass is 292 g/mol. The van der Waals surface area contributed by atoms with Gasteiger partial charge in [0.05, 0.1) is 19.4 Å². The molecule has 0 spiro atoms. The molecular weight excluding hydrogens is 268 g/mol. The molecule has 21 heavy (non-hydrogen) atoms. The van der Waals surface area contributed by atoms with Crippen LogP contribution in [0.2, 0.25) is 0 Å². The van der Waals surface area contributed by atoms with Crippen molar-refractivity contribution in [2.24, 2.45) is 5.92 Å². The van der Waals surface area contributed by atoms with E-state index in [1.807, 2.05) is 51.1 Å². The van der Waals surface area contributed by atoms with Crippen LogP contribution in [-0.4, -0.2) is 24.6 Å². The van der Waals surface area contributed by atoms with Crippen LogP contribution in [-0.2, 0) is 25.5 Å². The highest BCUT2D eigenvalue weighted by Crippen LogP contribution is 2.18. The van der Waals surface area contributed by atoms with E-state index in [9.17, 15) is 9.59 Å². The Morgan fingerprint density at radius 1 is 1.14 bits per heavy atom. The summed E-state index contributed by atoms with van der Waals surface area (Å²) in [6, 6.07) is 9.86. The molecule has 1 aromatic rings. The summed E-state index contributed by atoms with van der Waals surface area (Å²) in [6.07, 6.45) is 1.34. The first-order chi connectivity index (χ1) is 9.81. The maximum Gasteiger partial charge on any atom is 0.309 e. The second kappa shape index (κ2) is 7.81. The third kappa shape index (κ3) is 6.93. The molecule has 0 fully saturated rings. The number of esters is 2. The van der Waals surface area contributed by atoms with E-state index in [1.165, 1.54) is 7.11 Å². The van der Waals surface area contributed by atoms with Crippen LogP contribution in [0.15, 0.2) is 30.3 Å². The lowest BCUT2D eigenvalue weighted by Crippen LogP contribution is -2.28. The zero-order valence-corrected chi connectivity index (χ0v) is 13.2. The number of hydrogen-bond donors (Lipinski definition) is 0. The van der Waals surface area contributed by atoms with E-state index < -0.39 is 11.5 Å². The summed E-state index contributed by atoms with van der Waals surface area (Å²) < 4.78 is 10.1. The molecule has 0 aliphatic heterocycles. The molecule has 0 N–H and O–H groups in total. The molecular formula is C17H24O4. The standard InChI is InChI=1S/C17H24O4/c1-17(2,3)21-15(18)12-14(16(19)20-4)11-10-13-8-6-5-7-9-13/h5-9,14H,10-12H2,1-4H3/t14-/m1/s1. The second-order valence-electron chi connectivity index (χ2n) is 6.03. The first-order valence-electron chi connectivity index (χ1n) is 7.15. The zero-order valence-electron chi connectivity index (χ0n) is 13.2. The average molecular weight is 292 g/mol. The highest BCUT2D eigenvalue weighted by atomic mass is 16.6. The number of methoxy groups -OCH3 is 1. The lowest BCUT2D eigenvalue weighted by atomic mass is 9.96. The van der Waals surface area contributed by atoms with Gasteiger partial charge in [0.25, 0.3) is 0 Å². The number of ether oxygens (including phenoxy) is 2. The van der Waals surface area contributed by atoms with E-state index in [-0.39, 0.29) is 18.4 Å². The summed E-state index contributed by atoms with van der Waals surface area (Å²) in [5.74, 6) is -1.20. The first-order valence-corrected chi connectivity index (χ1v) is 7.15. The van der Waals surface area contributed by atoms with Crippen LogP contribution in [0.1, 0.15) is 39.2 Å². The van der Waals surface area contributed by atoms with E-state index >= 15 is 0 Å². The Morgan fingerprint density at radius 3 is 2.29 bits per heavy atom. The quantitative estimate of drug-likeness (QED) is 0.756. The summed E-state index contributed by atoms with van der Waals surface area (Å²) in [4.78, 5) is 23.7. The molecule has 0 saturated heterocycles. The summed E-state index contributed by atoms with van der Waals surface area (Å²) in [6.45, 7) is 5.42. The predicted molar refractivity (Wildman–Crippen MR) is 80.7 cm³/mol. The van der Waals surface area contributed by atoms with Gasteiger partial charge in [0, 0.05) is 0 Å². The summed E-state index contributed by atoms with van der Waals surface area (Å²) >= 11 is 0. The molecule has 4 nitrogen and oxygen atoms in total. The molecule has 1 atom stereocenters. The number of carbonyl (C=O) groups is 2. The minimum atomic E-state index is -0.544. The Kier molecular flexibility index (Phi) is 6.40. The van der Waals surface area contributed by atoms with Crippen LogP contribution in [0.3, 0.4) is 0 Å². The number of aryl methyl sites for hydroxylation is 1. The zero-order chi connectivity index (χ0) is 15.9. The van der Waals surface area contributed by atoms with Crippen molar-refractivity contribution in [1.29, 1.82) is 0 Å². The molecule has 0 aromatic heterocycles. The largest absolute Gasteiger partial charge is 0.469 e. The number of benzene rings is 1. The Bertz CT molecular complexity index is 459. The molecule has 0 aliphatic rings. The van der Waals surface area contributed by atoms with Crippen molar-refractivity contribution in [3.8, 4) is 0 Å². The molecule has 1 rings (SSSR count). The maximum absolute atomic E-state index is 11.9. The van der Waals surface area contributed by atoms with E-state index in [0.29, 0.717) is 6.42 Å². The lowest BCUT2D eigenvalue weighted by Gasteiger charge is -2.21. The van der Waals surface area contributed by atoms with Crippen molar-refractivity contribution in [2.75, 3.05) is 7.11 Å². The van der Waals surface area contributed by atoms with Gasteiger partial charge < -0.3 is 9.47 Å².